The number of amides is 3. The zero-order chi connectivity index (χ0) is 16.1. The van der Waals surface area contributed by atoms with Gasteiger partial charge in [0.15, 0.2) is 0 Å². The SMILES string of the molecule is COc1ccc(NC(=O)[C@@H]2CCCN(C(=O)N(C)C)C2)cc1. The number of hydrogen-bond acceptors (Lipinski definition) is 3. The Morgan fingerprint density at radius 3 is 2.55 bits per heavy atom. The van der Waals surface area contributed by atoms with E-state index in [-0.39, 0.29) is 17.9 Å². The molecule has 6 heteroatoms. The molecule has 1 heterocycles. The molecule has 0 saturated carbocycles. The average Bonchev–Trinajstić information content (AvgIpc) is 2.54. The molecule has 0 unspecified atom stereocenters. The van der Waals surface area contributed by atoms with Gasteiger partial charge in [0.05, 0.1) is 13.0 Å². The molecule has 1 aliphatic rings. The lowest BCUT2D eigenvalue weighted by Crippen LogP contribution is -2.47. The Labute approximate surface area is 131 Å². The number of carbonyl (C=O) groups excluding carboxylic acids is 2. The summed E-state index contributed by atoms with van der Waals surface area (Å²) in [5, 5.41) is 2.91. The zero-order valence-corrected chi connectivity index (χ0v) is 13.3. The van der Waals surface area contributed by atoms with E-state index in [4.69, 9.17) is 4.74 Å². The van der Waals surface area contributed by atoms with Crippen molar-refractivity contribution in [2.24, 2.45) is 5.92 Å². The van der Waals surface area contributed by atoms with Crippen LogP contribution in [0.4, 0.5) is 10.5 Å². The van der Waals surface area contributed by atoms with Crippen LogP contribution >= 0.6 is 0 Å². The molecular weight excluding hydrogens is 282 g/mol. The first kappa shape index (κ1) is 16.1. The predicted octanol–water partition coefficient (Wildman–Crippen LogP) is 2.03. The molecular formula is C16H23N3O3. The molecule has 1 fully saturated rings. The highest BCUT2D eigenvalue weighted by atomic mass is 16.5. The third-order valence-corrected chi connectivity index (χ3v) is 3.80. The monoisotopic (exact) mass is 305 g/mol. The Kier molecular flexibility index (Phi) is 5.25. The summed E-state index contributed by atoms with van der Waals surface area (Å²) >= 11 is 0. The van der Waals surface area contributed by atoms with Gasteiger partial charge in [-0.15, -0.1) is 0 Å². The van der Waals surface area contributed by atoms with Gasteiger partial charge in [0.1, 0.15) is 5.75 Å². The van der Waals surface area contributed by atoms with Crippen LogP contribution in [-0.4, -0.2) is 56.0 Å². The molecule has 0 spiro atoms. The van der Waals surface area contributed by atoms with Crippen molar-refractivity contribution < 1.29 is 14.3 Å². The minimum atomic E-state index is -0.167. The molecule has 0 aliphatic carbocycles. The molecule has 1 aromatic rings. The molecule has 1 aliphatic heterocycles. The van der Waals surface area contributed by atoms with E-state index in [0.29, 0.717) is 13.1 Å². The lowest BCUT2D eigenvalue weighted by atomic mass is 9.97. The maximum Gasteiger partial charge on any atom is 0.319 e. The molecule has 3 amide bonds. The molecule has 2 rings (SSSR count). The van der Waals surface area contributed by atoms with Crippen LogP contribution in [0.3, 0.4) is 0 Å². The minimum Gasteiger partial charge on any atom is -0.497 e. The normalized spacial score (nSPS) is 17.8. The van der Waals surface area contributed by atoms with Gasteiger partial charge in [0.2, 0.25) is 5.91 Å². The molecule has 22 heavy (non-hydrogen) atoms. The number of nitrogens with zero attached hydrogens (tertiary/aromatic N) is 2. The van der Waals surface area contributed by atoms with Gasteiger partial charge in [-0.2, -0.15) is 0 Å². The van der Waals surface area contributed by atoms with Crippen molar-refractivity contribution in [3.05, 3.63) is 24.3 Å². The predicted molar refractivity (Wildman–Crippen MR) is 85.0 cm³/mol. The summed E-state index contributed by atoms with van der Waals surface area (Å²) < 4.78 is 5.09. The third-order valence-electron chi connectivity index (χ3n) is 3.80. The summed E-state index contributed by atoms with van der Waals surface area (Å²) in [6.07, 6.45) is 1.65. The first-order chi connectivity index (χ1) is 10.5. The third kappa shape index (κ3) is 3.90. The number of hydrogen-bond donors (Lipinski definition) is 1. The largest absolute Gasteiger partial charge is 0.497 e. The Bertz CT molecular complexity index is 528. The summed E-state index contributed by atoms with van der Waals surface area (Å²) in [5.74, 6) is 0.541. The van der Waals surface area contributed by atoms with E-state index in [2.05, 4.69) is 5.32 Å². The fourth-order valence-electron chi connectivity index (χ4n) is 2.57. The van der Waals surface area contributed by atoms with Crippen LogP contribution < -0.4 is 10.1 Å². The van der Waals surface area contributed by atoms with Crippen molar-refractivity contribution in [3.8, 4) is 5.75 Å². The van der Waals surface area contributed by atoms with Crippen molar-refractivity contribution >= 4 is 17.6 Å². The number of rotatable bonds is 3. The van der Waals surface area contributed by atoms with Crippen molar-refractivity contribution in [2.45, 2.75) is 12.8 Å². The van der Waals surface area contributed by atoms with Crippen LogP contribution in [0.2, 0.25) is 0 Å². The Balaban J connectivity index is 1.95. The quantitative estimate of drug-likeness (QED) is 0.929. The Morgan fingerprint density at radius 1 is 1.27 bits per heavy atom. The first-order valence-corrected chi connectivity index (χ1v) is 7.42. The van der Waals surface area contributed by atoms with Crippen LogP contribution in [0.1, 0.15) is 12.8 Å². The molecule has 1 atom stereocenters. The van der Waals surface area contributed by atoms with Crippen LogP contribution in [0.5, 0.6) is 5.75 Å². The second-order valence-electron chi connectivity index (χ2n) is 5.68. The number of nitrogens with one attached hydrogen (secondary N) is 1. The lowest BCUT2D eigenvalue weighted by molar-refractivity contribution is -0.121. The highest BCUT2D eigenvalue weighted by Gasteiger charge is 2.29. The number of piperidine rings is 1. The van der Waals surface area contributed by atoms with Gasteiger partial charge in [-0.1, -0.05) is 0 Å². The number of anilines is 1. The number of ether oxygens (including phenoxy) is 1. The van der Waals surface area contributed by atoms with Gasteiger partial charge in [-0.25, -0.2) is 4.79 Å². The molecule has 1 N–H and O–H groups in total. The molecule has 1 aromatic carbocycles. The van der Waals surface area contributed by atoms with Crippen molar-refractivity contribution in [2.75, 3.05) is 39.6 Å². The van der Waals surface area contributed by atoms with Gasteiger partial charge in [0, 0.05) is 32.9 Å². The summed E-state index contributed by atoms with van der Waals surface area (Å²) in [6, 6.07) is 7.18. The van der Waals surface area contributed by atoms with Crippen LogP contribution in [0, 0.1) is 5.92 Å². The zero-order valence-electron chi connectivity index (χ0n) is 13.3. The van der Waals surface area contributed by atoms with Gasteiger partial charge in [0.25, 0.3) is 0 Å². The highest BCUT2D eigenvalue weighted by Crippen LogP contribution is 2.21. The lowest BCUT2D eigenvalue weighted by Gasteiger charge is -2.33. The van der Waals surface area contributed by atoms with E-state index < -0.39 is 0 Å². The second kappa shape index (κ2) is 7.15. The number of likely N-dealkylation sites (tertiary alicyclic amines) is 1. The smallest absolute Gasteiger partial charge is 0.319 e. The molecule has 6 nitrogen and oxygen atoms in total. The summed E-state index contributed by atoms with van der Waals surface area (Å²) in [5.41, 5.74) is 0.738. The number of benzene rings is 1. The van der Waals surface area contributed by atoms with E-state index in [1.165, 1.54) is 0 Å². The summed E-state index contributed by atoms with van der Waals surface area (Å²) in [7, 11) is 5.05. The van der Waals surface area contributed by atoms with E-state index >= 15 is 0 Å². The number of methoxy groups -OCH3 is 1. The van der Waals surface area contributed by atoms with E-state index in [9.17, 15) is 9.59 Å². The summed E-state index contributed by atoms with van der Waals surface area (Å²) in [4.78, 5) is 27.7. The second-order valence-corrected chi connectivity index (χ2v) is 5.68. The topological polar surface area (TPSA) is 61.9 Å². The first-order valence-electron chi connectivity index (χ1n) is 7.42. The fraction of sp³-hybridized carbons (Fsp3) is 0.500. The molecule has 0 aromatic heterocycles. The van der Waals surface area contributed by atoms with E-state index in [1.54, 1.807) is 43.1 Å². The number of urea groups is 1. The van der Waals surface area contributed by atoms with E-state index in [0.717, 1.165) is 24.3 Å². The van der Waals surface area contributed by atoms with Crippen molar-refractivity contribution in [3.63, 3.8) is 0 Å². The van der Waals surface area contributed by atoms with Crippen molar-refractivity contribution in [1.82, 2.24) is 9.80 Å². The molecule has 0 radical (unpaired) electrons. The maximum absolute atomic E-state index is 12.4. The fourth-order valence-corrected chi connectivity index (χ4v) is 2.57. The van der Waals surface area contributed by atoms with Crippen molar-refractivity contribution in [1.29, 1.82) is 0 Å². The van der Waals surface area contributed by atoms with Gasteiger partial charge in [-0.05, 0) is 37.1 Å². The van der Waals surface area contributed by atoms with Crippen LogP contribution in [0.15, 0.2) is 24.3 Å². The maximum atomic E-state index is 12.4. The van der Waals surface area contributed by atoms with Gasteiger partial charge in [-0.3, -0.25) is 4.79 Å². The minimum absolute atomic E-state index is 0.0399. The molecule has 0 bridgehead atoms. The summed E-state index contributed by atoms with van der Waals surface area (Å²) in [6.45, 7) is 1.18. The van der Waals surface area contributed by atoms with Crippen LogP contribution in [0.25, 0.3) is 0 Å². The highest BCUT2D eigenvalue weighted by molar-refractivity contribution is 5.93. The molecule has 1 saturated heterocycles. The van der Waals surface area contributed by atoms with E-state index in [1.807, 2.05) is 12.1 Å². The van der Waals surface area contributed by atoms with Gasteiger partial charge < -0.3 is 19.9 Å². The van der Waals surface area contributed by atoms with Crippen LogP contribution in [-0.2, 0) is 4.79 Å². The molecule has 120 valence electrons. The Hall–Kier alpha value is -2.24. The van der Waals surface area contributed by atoms with Gasteiger partial charge >= 0.3 is 6.03 Å². The number of carbonyl (C=O) groups is 2. The standard InChI is InChI=1S/C16H23N3O3/c1-18(2)16(21)19-10-4-5-12(11-19)15(20)17-13-6-8-14(22-3)9-7-13/h6-9,12H,4-5,10-11H2,1-3H3,(H,17,20)/t12-/m1/s1. The Morgan fingerprint density at radius 2 is 1.95 bits per heavy atom. The average molecular weight is 305 g/mol.